The first-order chi connectivity index (χ1) is 7.08. The van der Waals surface area contributed by atoms with E-state index in [1.54, 1.807) is 11.3 Å². The molecule has 0 aliphatic heterocycles. The Morgan fingerprint density at radius 1 is 1.47 bits per heavy atom. The van der Waals surface area contributed by atoms with Crippen molar-refractivity contribution in [1.82, 2.24) is 5.32 Å². The van der Waals surface area contributed by atoms with E-state index < -0.39 is 0 Å². The monoisotopic (exact) mass is 246 g/mol. The van der Waals surface area contributed by atoms with Crippen LogP contribution in [-0.4, -0.2) is 12.6 Å². The Hall–Kier alpha value is -0.0900. The molecule has 0 saturated carbocycles. The number of hydrogen-bond acceptors (Lipinski definition) is 3. The molecule has 0 spiro atoms. The first kappa shape index (κ1) is 13.0. The third-order valence-electron chi connectivity index (χ3n) is 2.11. The van der Waals surface area contributed by atoms with Crippen molar-refractivity contribution >= 4 is 22.9 Å². The Balaban J connectivity index is 2.16. The molecule has 0 bridgehead atoms. The van der Waals surface area contributed by atoms with Crippen LogP contribution >= 0.6 is 22.9 Å². The summed E-state index contributed by atoms with van der Waals surface area (Å²) in [5.41, 5.74) is 5.96. The molecular weight excluding hydrogens is 228 g/mol. The lowest BCUT2D eigenvalue weighted by atomic mass is 10.0. The molecule has 0 saturated heterocycles. The van der Waals surface area contributed by atoms with Gasteiger partial charge in [0.25, 0.3) is 0 Å². The van der Waals surface area contributed by atoms with Gasteiger partial charge in [-0.1, -0.05) is 25.4 Å². The van der Waals surface area contributed by atoms with Crippen molar-refractivity contribution in [2.75, 3.05) is 6.54 Å². The maximum absolute atomic E-state index is 5.96. The SMILES string of the molecule is CC(C)CC(N)CNCc1ccc(Cl)s1. The zero-order chi connectivity index (χ0) is 11.3. The van der Waals surface area contributed by atoms with Gasteiger partial charge in [-0.05, 0) is 24.5 Å². The summed E-state index contributed by atoms with van der Waals surface area (Å²) in [6.45, 7) is 6.12. The van der Waals surface area contributed by atoms with Gasteiger partial charge in [-0.15, -0.1) is 11.3 Å². The fourth-order valence-electron chi connectivity index (χ4n) is 1.52. The minimum atomic E-state index is 0.250. The lowest BCUT2D eigenvalue weighted by molar-refractivity contribution is 0.468. The zero-order valence-electron chi connectivity index (χ0n) is 9.29. The average molecular weight is 247 g/mol. The summed E-state index contributed by atoms with van der Waals surface area (Å²) in [5, 5.41) is 3.35. The highest BCUT2D eigenvalue weighted by Gasteiger charge is 2.05. The van der Waals surface area contributed by atoms with E-state index in [9.17, 15) is 0 Å². The molecule has 1 heterocycles. The molecule has 1 rings (SSSR count). The predicted octanol–water partition coefficient (Wildman–Crippen LogP) is 2.86. The number of nitrogens with one attached hydrogen (secondary N) is 1. The fourth-order valence-corrected chi connectivity index (χ4v) is 2.57. The van der Waals surface area contributed by atoms with Gasteiger partial charge in [-0.25, -0.2) is 0 Å². The second kappa shape index (κ2) is 6.48. The smallest absolute Gasteiger partial charge is 0.0931 e. The average Bonchev–Trinajstić information content (AvgIpc) is 2.50. The fraction of sp³-hybridized carbons (Fsp3) is 0.636. The molecule has 1 unspecified atom stereocenters. The van der Waals surface area contributed by atoms with Crippen LogP contribution in [0.25, 0.3) is 0 Å². The van der Waals surface area contributed by atoms with Crippen LogP contribution in [0.15, 0.2) is 12.1 Å². The van der Waals surface area contributed by atoms with Gasteiger partial charge in [0.2, 0.25) is 0 Å². The lowest BCUT2D eigenvalue weighted by Crippen LogP contribution is -2.34. The van der Waals surface area contributed by atoms with Crippen LogP contribution < -0.4 is 11.1 Å². The maximum Gasteiger partial charge on any atom is 0.0931 e. The molecule has 0 aromatic carbocycles. The van der Waals surface area contributed by atoms with E-state index in [1.165, 1.54) is 4.88 Å². The Bertz CT molecular complexity index is 286. The zero-order valence-corrected chi connectivity index (χ0v) is 10.9. The third kappa shape index (κ3) is 5.52. The lowest BCUT2D eigenvalue weighted by Gasteiger charge is -2.14. The van der Waals surface area contributed by atoms with E-state index in [4.69, 9.17) is 17.3 Å². The Labute approximate surface area is 101 Å². The minimum absolute atomic E-state index is 0.250. The van der Waals surface area contributed by atoms with E-state index in [2.05, 4.69) is 19.2 Å². The molecule has 4 heteroatoms. The molecule has 86 valence electrons. The number of thiophene rings is 1. The molecule has 2 nitrogen and oxygen atoms in total. The van der Waals surface area contributed by atoms with Crippen LogP contribution in [0.2, 0.25) is 4.34 Å². The molecule has 0 aliphatic carbocycles. The van der Waals surface area contributed by atoms with Crippen LogP contribution in [0.1, 0.15) is 25.1 Å². The van der Waals surface area contributed by atoms with Gasteiger partial charge in [0.1, 0.15) is 0 Å². The summed E-state index contributed by atoms with van der Waals surface area (Å²) in [7, 11) is 0. The van der Waals surface area contributed by atoms with Crippen LogP contribution in [-0.2, 0) is 6.54 Å². The van der Waals surface area contributed by atoms with Crippen LogP contribution in [0.5, 0.6) is 0 Å². The van der Waals surface area contributed by atoms with Gasteiger partial charge < -0.3 is 11.1 Å². The summed E-state index contributed by atoms with van der Waals surface area (Å²) in [6, 6.07) is 4.23. The molecule has 15 heavy (non-hydrogen) atoms. The highest BCUT2D eigenvalue weighted by atomic mass is 35.5. The van der Waals surface area contributed by atoms with Gasteiger partial charge in [0.15, 0.2) is 0 Å². The van der Waals surface area contributed by atoms with Crippen molar-refractivity contribution in [3.8, 4) is 0 Å². The summed E-state index contributed by atoms with van der Waals surface area (Å²) in [6.07, 6.45) is 1.07. The van der Waals surface area contributed by atoms with E-state index in [0.717, 1.165) is 23.8 Å². The molecule has 1 aromatic heterocycles. The Kier molecular flexibility index (Phi) is 5.61. The molecule has 0 amide bonds. The molecule has 0 aliphatic rings. The van der Waals surface area contributed by atoms with Crippen molar-refractivity contribution in [1.29, 1.82) is 0 Å². The summed E-state index contributed by atoms with van der Waals surface area (Å²) < 4.78 is 0.846. The standard InChI is InChI=1S/C11H19ClN2S/c1-8(2)5-9(13)6-14-7-10-3-4-11(12)15-10/h3-4,8-9,14H,5-7,13H2,1-2H3. The third-order valence-corrected chi connectivity index (χ3v) is 3.34. The molecule has 0 radical (unpaired) electrons. The molecule has 1 aromatic rings. The van der Waals surface area contributed by atoms with Crippen LogP contribution in [0, 0.1) is 5.92 Å². The molecule has 0 fully saturated rings. The van der Waals surface area contributed by atoms with E-state index in [0.29, 0.717) is 5.92 Å². The maximum atomic E-state index is 5.96. The molecule has 3 N–H and O–H groups in total. The Morgan fingerprint density at radius 2 is 2.20 bits per heavy atom. The predicted molar refractivity (Wildman–Crippen MR) is 68.5 cm³/mol. The van der Waals surface area contributed by atoms with E-state index in [-0.39, 0.29) is 6.04 Å². The number of rotatable bonds is 6. The van der Waals surface area contributed by atoms with Gasteiger partial charge in [-0.2, -0.15) is 0 Å². The largest absolute Gasteiger partial charge is 0.327 e. The van der Waals surface area contributed by atoms with Crippen molar-refractivity contribution in [2.45, 2.75) is 32.9 Å². The second-order valence-corrected chi connectivity index (χ2v) is 6.03. The quantitative estimate of drug-likeness (QED) is 0.810. The van der Waals surface area contributed by atoms with Crippen LogP contribution in [0.3, 0.4) is 0 Å². The van der Waals surface area contributed by atoms with Crippen molar-refractivity contribution in [3.05, 3.63) is 21.3 Å². The first-order valence-corrected chi connectivity index (χ1v) is 6.48. The first-order valence-electron chi connectivity index (χ1n) is 5.28. The van der Waals surface area contributed by atoms with Crippen molar-refractivity contribution in [2.24, 2.45) is 11.7 Å². The Morgan fingerprint density at radius 3 is 2.73 bits per heavy atom. The topological polar surface area (TPSA) is 38.0 Å². The second-order valence-electron chi connectivity index (χ2n) is 4.23. The summed E-state index contributed by atoms with van der Waals surface area (Å²) in [4.78, 5) is 1.26. The summed E-state index contributed by atoms with van der Waals surface area (Å²) >= 11 is 7.45. The van der Waals surface area contributed by atoms with Crippen LogP contribution in [0.4, 0.5) is 0 Å². The summed E-state index contributed by atoms with van der Waals surface area (Å²) in [5.74, 6) is 0.665. The van der Waals surface area contributed by atoms with Gasteiger partial charge in [0, 0.05) is 24.0 Å². The highest BCUT2D eigenvalue weighted by molar-refractivity contribution is 7.16. The molecular formula is C11H19ClN2S. The normalized spacial score (nSPS) is 13.4. The number of halogens is 1. The number of hydrogen-bond donors (Lipinski definition) is 2. The van der Waals surface area contributed by atoms with Gasteiger partial charge in [-0.3, -0.25) is 0 Å². The van der Waals surface area contributed by atoms with Crippen molar-refractivity contribution in [3.63, 3.8) is 0 Å². The van der Waals surface area contributed by atoms with Gasteiger partial charge in [0.05, 0.1) is 4.34 Å². The van der Waals surface area contributed by atoms with Crippen molar-refractivity contribution < 1.29 is 0 Å². The van der Waals surface area contributed by atoms with Gasteiger partial charge >= 0.3 is 0 Å². The van der Waals surface area contributed by atoms with E-state index in [1.807, 2.05) is 12.1 Å². The minimum Gasteiger partial charge on any atom is -0.327 e. The molecule has 1 atom stereocenters. The van der Waals surface area contributed by atoms with E-state index >= 15 is 0 Å². The number of nitrogens with two attached hydrogens (primary N) is 1. The highest BCUT2D eigenvalue weighted by Crippen LogP contribution is 2.20.